The molecule has 1 heterocycles. The van der Waals surface area contributed by atoms with Crippen molar-refractivity contribution >= 4 is 0 Å². The summed E-state index contributed by atoms with van der Waals surface area (Å²) in [6, 6.07) is 4.37. The van der Waals surface area contributed by atoms with Crippen LogP contribution in [0.2, 0.25) is 0 Å². The molecule has 0 saturated heterocycles. The van der Waals surface area contributed by atoms with Crippen molar-refractivity contribution in [3.8, 4) is 0 Å². The van der Waals surface area contributed by atoms with Crippen molar-refractivity contribution in [3.63, 3.8) is 0 Å². The zero-order valence-electron chi connectivity index (χ0n) is 10.7. The molecule has 1 unspecified atom stereocenters. The molecule has 1 N–H and O–H groups in total. The summed E-state index contributed by atoms with van der Waals surface area (Å²) < 4.78 is 5.54. The summed E-state index contributed by atoms with van der Waals surface area (Å²) in [6.45, 7) is 7.27. The predicted molar refractivity (Wildman–Crippen MR) is 66.5 cm³/mol. The molecule has 0 saturated carbocycles. The lowest BCUT2D eigenvalue weighted by molar-refractivity contribution is -0.00961. The molecule has 16 heavy (non-hydrogen) atoms. The number of likely N-dealkylation sites (N-methyl/N-ethyl adjacent to an activating group) is 1. The maximum atomic E-state index is 5.54. The van der Waals surface area contributed by atoms with Gasteiger partial charge < -0.3 is 10.1 Å². The van der Waals surface area contributed by atoms with Gasteiger partial charge in [-0.2, -0.15) is 0 Å². The van der Waals surface area contributed by atoms with Crippen LogP contribution in [0.1, 0.15) is 26.3 Å². The van der Waals surface area contributed by atoms with E-state index in [2.05, 4.69) is 37.1 Å². The Morgan fingerprint density at radius 1 is 1.50 bits per heavy atom. The summed E-state index contributed by atoms with van der Waals surface area (Å²) in [5, 5.41) is 3.47. The highest BCUT2D eigenvalue weighted by molar-refractivity contribution is 5.11. The van der Waals surface area contributed by atoms with E-state index in [1.165, 1.54) is 5.56 Å². The van der Waals surface area contributed by atoms with Crippen molar-refractivity contribution in [1.29, 1.82) is 0 Å². The molecule has 0 aliphatic heterocycles. The Hall–Kier alpha value is -0.930. The van der Waals surface area contributed by atoms with Crippen molar-refractivity contribution in [2.75, 3.05) is 13.7 Å². The quantitative estimate of drug-likeness (QED) is 0.799. The van der Waals surface area contributed by atoms with Crippen LogP contribution < -0.4 is 5.32 Å². The van der Waals surface area contributed by atoms with Crippen LogP contribution in [-0.4, -0.2) is 30.3 Å². The van der Waals surface area contributed by atoms with Gasteiger partial charge in [-0.1, -0.05) is 13.0 Å². The summed E-state index contributed by atoms with van der Waals surface area (Å²) in [5.41, 5.74) is 1.06. The van der Waals surface area contributed by atoms with Gasteiger partial charge in [0.2, 0.25) is 0 Å². The van der Waals surface area contributed by atoms with Gasteiger partial charge in [-0.25, -0.2) is 0 Å². The number of nitrogens with zero attached hydrogens (tertiary/aromatic N) is 1. The molecule has 1 aromatic heterocycles. The van der Waals surface area contributed by atoms with Crippen LogP contribution in [0.25, 0.3) is 0 Å². The molecule has 1 rings (SSSR count). The van der Waals surface area contributed by atoms with E-state index in [9.17, 15) is 0 Å². The minimum absolute atomic E-state index is 0.175. The third-order valence-corrected chi connectivity index (χ3v) is 2.98. The van der Waals surface area contributed by atoms with Crippen LogP contribution in [0.3, 0.4) is 0 Å². The van der Waals surface area contributed by atoms with Crippen LogP contribution in [0.5, 0.6) is 0 Å². The fourth-order valence-corrected chi connectivity index (χ4v) is 1.71. The maximum Gasteiger partial charge on any atom is 0.0778 e. The standard InChI is InChI=1S/C13H22N2O/c1-5-15-12(13(2,3)16-4)9-11-7-6-8-14-10-11/h6-8,10,12,15H,5,9H2,1-4H3. The molecule has 0 fully saturated rings. The monoisotopic (exact) mass is 222 g/mol. The smallest absolute Gasteiger partial charge is 0.0778 e. The number of rotatable bonds is 6. The first kappa shape index (κ1) is 13.1. The lowest BCUT2D eigenvalue weighted by atomic mass is 9.92. The summed E-state index contributed by atoms with van der Waals surface area (Å²) in [4.78, 5) is 4.14. The van der Waals surface area contributed by atoms with E-state index in [0.29, 0.717) is 6.04 Å². The van der Waals surface area contributed by atoms with Crippen LogP contribution >= 0.6 is 0 Å². The number of hydrogen-bond donors (Lipinski definition) is 1. The fourth-order valence-electron chi connectivity index (χ4n) is 1.71. The third kappa shape index (κ3) is 3.58. The molecule has 0 spiro atoms. The second-order valence-electron chi connectivity index (χ2n) is 4.48. The predicted octanol–water partition coefficient (Wildman–Crippen LogP) is 2.03. The van der Waals surface area contributed by atoms with Crippen molar-refractivity contribution in [2.45, 2.75) is 38.8 Å². The number of hydrogen-bond acceptors (Lipinski definition) is 3. The molecule has 0 bridgehead atoms. The molecule has 1 aromatic rings. The first-order valence-electron chi connectivity index (χ1n) is 5.77. The van der Waals surface area contributed by atoms with Gasteiger partial charge in [-0.15, -0.1) is 0 Å². The van der Waals surface area contributed by atoms with Gasteiger partial charge in [0.25, 0.3) is 0 Å². The molecule has 1 atom stereocenters. The lowest BCUT2D eigenvalue weighted by Gasteiger charge is -2.33. The van der Waals surface area contributed by atoms with Gasteiger partial charge in [0.15, 0.2) is 0 Å². The largest absolute Gasteiger partial charge is 0.377 e. The van der Waals surface area contributed by atoms with Crippen LogP contribution in [0.15, 0.2) is 24.5 Å². The SMILES string of the molecule is CCNC(Cc1cccnc1)C(C)(C)OC. The molecular formula is C13H22N2O. The molecular weight excluding hydrogens is 200 g/mol. The average Bonchev–Trinajstić information content (AvgIpc) is 2.30. The van der Waals surface area contributed by atoms with E-state index < -0.39 is 0 Å². The fraction of sp³-hybridized carbons (Fsp3) is 0.615. The molecule has 3 heteroatoms. The van der Waals surface area contributed by atoms with Crippen molar-refractivity contribution < 1.29 is 4.74 Å². The normalized spacial score (nSPS) is 13.8. The molecule has 0 amide bonds. The Balaban J connectivity index is 2.72. The minimum Gasteiger partial charge on any atom is -0.377 e. The Bertz CT molecular complexity index is 298. The average molecular weight is 222 g/mol. The van der Waals surface area contributed by atoms with Crippen LogP contribution in [0, 0.1) is 0 Å². The lowest BCUT2D eigenvalue weighted by Crippen LogP contribution is -2.49. The van der Waals surface area contributed by atoms with Crippen molar-refractivity contribution in [3.05, 3.63) is 30.1 Å². The van der Waals surface area contributed by atoms with Crippen molar-refractivity contribution in [2.24, 2.45) is 0 Å². The van der Waals surface area contributed by atoms with E-state index >= 15 is 0 Å². The number of aromatic nitrogens is 1. The number of pyridine rings is 1. The second kappa shape index (κ2) is 5.97. The zero-order valence-corrected chi connectivity index (χ0v) is 10.7. The van der Waals surface area contributed by atoms with E-state index in [4.69, 9.17) is 4.74 Å². The topological polar surface area (TPSA) is 34.2 Å². The Labute approximate surface area is 98.2 Å². The van der Waals surface area contributed by atoms with Crippen LogP contribution in [0.4, 0.5) is 0 Å². The van der Waals surface area contributed by atoms with Gasteiger partial charge in [0.05, 0.1) is 5.60 Å². The van der Waals surface area contributed by atoms with Crippen LogP contribution in [-0.2, 0) is 11.2 Å². The molecule has 90 valence electrons. The van der Waals surface area contributed by atoms with E-state index in [1.807, 2.05) is 12.3 Å². The number of nitrogens with one attached hydrogen (secondary N) is 1. The van der Waals surface area contributed by atoms with E-state index in [0.717, 1.165) is 13.0 Å². The third-order valence-electron chi connectivity index (χ3n) is 2.98. The molecule has 3 nitrogen and oxygen atoms in total. The van der Waals surface area contributed by atoms with Gasteiger partial charge >= 0.3 is 0 Å². The summed E-state index contributed by atoms with van der Waals surface area (Å²) >= 11 is 0. The first-order valence-corrected chi connectivity index (χ1v) is 5.77. The highest BCUT2D eigenvalue weighted by atomic mass is 16.5. The second-order valence-corrected chi connectivity index (χ2v) is 4.48. The zero-order chi connectivity index (χ0) is 12.0. The van der Waals surface area contributed by atoms with Gasteiger partial charge in [-0.3, -0.25) is 4.98 Å². The summed E-state index contributed by atoms with van der Waals surface area (Å²) in [6.07, 6.45) is 4.64. The highest BCUT2D eigenvalue weighted by Gasteiger charge is 2.28. The molecule has 0 aliphatic carbocycles. The molecule has 0 aromatic carbocycles. The van der Waals surface area contributed by atoms with E-state index in [1.54, 1.807) is 13.3 Å². The first-order chi connectivity index (χ1) is 7.60. The molecule has 0 radical (unpaired) electrons. The van der Waals surface area contributed by atoms with Crippen molar-refractivity contribution in [1.82, 2.24) is 10.3 Å². The Morgan fingerprint density at radius 3 is 2.75 bits per heavy atom. The van der Waals surface area contributed by atoms with Gasteiger partial charge in [0.1, 0.15) is 0 Å². The van der Waals surface area contributed by atoms with Gasteiger partial charge in [-0.05, 0) is 38.4 Å². The Kier molecular flexibility index (Phi) is 4.90. The minimum atomic E-state index is -0.175. The Morgan fingerprint density at radius 2 is 2.25 bits per heavy atom. The maximum absolute atomic E-state index is 5.54. The molecule has 0 aliphatic rings. The number of ether oxygens (including phenoxy) is 1. The summed E-state index contributed by atoms with van der Waals surface area (Å²) in [7, 11) is 1.76. The highest BCUT2D eigenvalue weighted by Crippen LogP contribution is 2.17. The van der Waals surface area contributed by atoms with Gasteiger partial charge in [0, 0.05) is 25.5 Å². The number of methoxy groups -OCH3 is 1. The van der Waals surface area contributed by atoms with E-state index in [-0.39, 0.29) is 5.60 Å². The summed E-state index contributed by atoms with van der Waals surface area (Å²) in [5.74, 6) is 0.